The van der Waals surface area contributed by atoms with Crippen LogP contribution in [0.5, 0.6) is 11.6 Å². The summed E-state index contributed by atoms with van der Waals surface area (Å²) in [6.07, 6.45) is 0. The van der Waals surface area contributed by atoms with Gasteiger partial charge in [0.05, 0.1) is 5.92 Å². The maximum absolute atomic E-state index is 9.53. The van der Waals surface area contributed by atoms with Crippen LogP contribution in [0.4, 0.5) is 0 Å². The molecule has 124 valence electrons. The standard InChI is InChI=1S/C18H20N4O2/c1-10-14-15(13(9-19)16(20)23-17(14)22-21-10)11-5-7-12(8-6-11)24-18(2,3)4/h5-8,15H,20H2,1-4H3,(H,21,22)/t15-/m0/s1. The summed E-state index contributed by atoms with van der Waals surface area (Å²) in [5, 5.41) is 16.5. The van der Waals surface area contributed by atoms with E-state index >= 15 is 0 Å². The van der Waals surface area contributed by atoms with E-state index in [4.69, 9.17) is 15.2 Å². The van der Waals surface area contributed by atoms with Crippen LogP contribution in [-0.2, 0) is 0 Å². The highest BCUT2D eigenvalue weighted by Crippen LogP contribution is 2.42. The Balaban J connectivity index is 2.04. The highest BCUT2D eigenvalue weighted by atomic mass is 16.5. The highest BCUT2D eigenvalue weighted by Gasteiger charge is 2.34. The van der Waals surface area contributed by atoms with Gasteiger partial charge in [-0.3, -0.25) is 5.10 Å². The van der Waals surface area contributed by atoms with Gasteiger partial charge in [0.15, 0.2) is 0 Å². The lowest BCUT2D eigenvalue weighted by molar-refractivity contribution is 0.131. The summed E-state index contributed by atoms with van der Waals surface area (Å²) in [7, 11) is 0. The molecule has 3 N–H and O–H groups in total. The van der Waals surface area contributed by atoms with Crippen LogP contribution in [0.3, 0.4) is 0 Å². The van der Waals surface area contributed by atoms with Crippen LogP contribution >= 0.6 is 0 Å². The quantitative estimate of drug-likeness (QED) is 0.884. The Morgan fingerprint density at radius 1 is 1.29 bits per heavy atom. The Morgan fingerprint density at radius 3 is 2.54 bits per heavy atom. The number of aromatic amines is 1. The van der Waals surface area contributed by atoms with Crippen molar-refractivity contribution < 1.29 is 9.47 Å². The van der Waals surface area contributed by atoms with Gasteiger partial charge in [0.2, 0.25) is 11.8 Å². The minimum atomic E-state index is -0.304. The molecule has 0 radical (unpaired) electrons. The summed E-state index contributed by atoms with van der Waals surface area (Å²) in [5.74, 6) is 0.986. The number of nitriles is 1. The monoisotopic (exact) mass is 324 g/mol. The highest BCUT2D eigenvalue weighted by molar-refractivity contribution is 5.55. The minimum Gasteiger partial charge on any atom is -0.488 e. The fourth-order valence-electron chi connectivity index (χ4n) is 2.81. The molecule has 0 amide bonds. The molecule has 0 saturated carbocycles. The number of H-pyrrole nitrogens is 1. The van der Waals surface area contributed by atoms with Crippen LogP contribution in [-0.4, -0.2) is 15.8 Å². The van der Waals surface area contributed by atoms with E-state index in [1.807, 2.05) is 52.0 Å². The summed E-state index contributed by atoms with van der Waals surface area (Å²) in [6.45, 7) is 7.89. The van der Waals surface area contributed by atoms with Gasteiger partial charge in [-0.05, 0) is 45.4 Å². The molecule has 1 atom stereocenters. The molecule has 1 aromatic carbocycles. The van der Waals surface area contributed by atoms with Gasteiger partial charge >= 0.3 is 0 Å². The molecule has 24 heavy (non-hydrogen) atoms. The van der Waals surface area contributed by atoms with E-state index in [1.165, 1.54) is 0 Å². The van der Waals surface area contributed by atoms with Crippen molar-refractivity contribution in [2.24, 2.45) is 5.73 Å². The first-order valence-corrected chi connectivity index (χ1v) is 7.71. The molecule has 0 unspecified atom stereocenters. The average molecular weight is 324 g/mol. The fraction of sp³-hybridized carbons (Fsp3) is 0.333. The second-order valence-electron chi connectivity index (χ2n) is 6.78. The Hall–Kier alpha value is -2.94. The predicted molar refractivity (Wildman–Crippen MR) is 89.4 cm³/mol. The van der Waals surface area contributed by atoms with E-state index in [2.05, 4.69) is 16.3 Å². The number of fused-ring (bicyclic) bond motifs is 1. The average Bonchev–Trinajstić information content (AvgIpc) is 2.86. The van der Waals surface area contributed by atoms with Crippen molar-refractivity contribution in [1.82, 2.24) is 10.2 Å². The molecule has 3 rings (SSSR count). The first-order chi connectivity index (χ1) is 11.3. The zero-order chi connectivity index (χ0) is 17.5. The van der Waals surface area contributed by atoms with Gasteiger partial charge in [-0.2, -0.15) is 5.26 Å². The number of aryl methyl sites for hydroxylation is 1. The van der Waals surface area contributed by atoms with Gasteiger partial charge in [0.1, 0.15) is 23.0 Å². The Kier molecular flexibility index (Phi) is 3.72. The maximum atomic E-state index is 9.53. The van der Waals surface area contributed by atoms with Crippen molar-refractivity contribution in [1.29, 1.82) is 5.26 Å². The van der Waals surface area contributed by atoms with Crippen LogP contribution in [0.15, 0.2) is 35.7 Å². The lowest BCUT2D eigenvalue weighted by atomic mass is 9.84. The molecule has 0 saturated heterocycles. The second kappa shape index (κ2) is 5.60. The van der Waals surface area contributed by atoms with E-state index in [-0.39, 0.29) is 17.4 Å². The van der Waals surface area contributed by atoms with Gasteiger partial charge in [-0.15, -0.1) is 5.10 Å². The summed E-state index contributed by atoms with van der Waals surface area (Å²) < 4.78 is 11.3. The molecule has 0 spiro atoms. The zero-order valence-electron chi connectivity index (χ0n) is 14.2. The zero-order valence-corrected chi connectivity index (χ0v) is 14.2. The summed E-state index contributed by atoms with van der Waals surface area (Å²) in [6, 6.07) is 9.85. The van der Waals surface area contributed by atoms with E-state index in [0.29, 0.717) is 11.5 Å². The van der Waals surface area contributed by atoms with E-state index < -0.39 is 0 Å². The molecular formula is C18H20N4O2. The smallest absolute Gasteiger partial charge is 0.244 e. The molecule has 2 heterocycles. The number of nitrogens with two attached hydrogens (primary N) is 1. The number of nitrogens with one attached hydrogen (secondary N) is 1. The van der Waals surface area contributed by atoms with E-state index in [1.54, 1.807) is 0 Å². The largest absolute Gasteiger partial charge is 0.488 e. The lowest BCUT2D eigenvalue weighted by Gasteiger charge is -2.24. The molecule has 0 aliphatic carbocycles. The first kappa shape index (κ1) is 15.9. The number of allylic oxidation sites excluding steroid dienone is 1. The fourth-order valence-corrected chi connectivity index (χ4v) is 2.81. The molecule has 0 fully saturated rings. The van der Waals surface area contributed by atoms with Crippen LogP contribution in [0, 0.1) is 18.3 Å². The SMILES string of the molecule is Cc1[nH]nc2c1[C@@H](c1ccc(OC(C)(C)C)cc1)C(C#N)=C(N)O2. The molecule has 6 nitrogen and oxygen atoms in total. The van der Waals surface area contributed by atoms with Crippen LogP contribution in [0.25, 0.3) is 0 Å². The molecule has 2 aromatic rings. The van der Waals surface area contributed by atoms with Gasteiger partial charge < -0.3 is 15.2 Å². The third-order valence-corrected chi connectivity index (χ3v) is 3.77. The van der Waals surface area contributed by atoms with Crippen molar-refractivity contribution in [2.45, 2.75) is 39.2 Å². The Labute approximate surface area is 140 Å². The number of ether oxygens (including phenoxy) is 2. The first-order valence-electron chi connectivity index (χ1n) is 7.71. The molecule has 6 heteroatoms. The number of hydrogen-bond acceptors (Lipinski definition) is 5. The minimum absolute atomic E-state index is 0.0940. The molecule has 1 aliphatic heterocycles. The number of rotatable bonds is 2. The van der Waals surface area contributed by atoms with Crippen LogP contribution < -0.4 is 15.2 Å². The Bertz CT molecular complexity index is 835. The molecule has 1 aromatic heterocycles. The van der Waals surface area contributed by atoms with Crippen molar-refractivity contribution in [3.8, 4) is 17.7 Å². The lowest BCUT2D eigenvalue weighted by Crippen LogP contribution is -2.23. The van der Waals surface area contributed by atoms with Crippen molar-refractivity contribution >= 4 is 0 Å². The molecule has 0 bridgehead atoms. The molecule has 1 aliphatic rings. The maximum Gasteiger partial charge on any atom is 0.244 e. The van der Waals surface area contributed by atoms with E-state index in [9.17, 15) is 5.26 Å². The topological polar surface area (TPSA) is 97.0 Å². The Morgan fingerprint density at radius 2 is 1.96 bits per heavy atom. The second-order valence-corrected chi connectivity index (χ2v) is 6.78. The summed E-state index contributed by atoms with van der Waals surface area (Å²) in [4.78, 5) is 0. The van der Waals surface area contributed by atoms with Gasteiger partial charge in [-0.1, -0.05) is 12.1 Å². The third kappa shape index (κ3) is 2.81. The summed E-state index contributed by atoms with van der Waals surface area (Å²) in [5.41, 5.74) is 8.65. The van der Waals surface area contributed by atoms with Gasteiger partial charge in [0, 0.05) is 11.3 Å². The van der Waals surface area contributed by atoms with E-state index in [0.717, 1.165) is 22.6 Å². The van der Waals surface area contributed by atoms with Gasteiger partial charge in [-0.25, -0.2) is 0 Å². The number of hydrogen-bond donors (Lipinski definition) is 2. The normalized spacial score (nSPS) is 17.0. The molecular weight excluding hydrogens is 304 g/mol. The number of aromatic nitrogens is 2. The van der Waals surface area contributed by atoms with Crippen molar-refractivity contribution in [3.63, 3.8) is 0 Å². The van der Waals surface area contributed by atoms with Crippen LogP contribution in [0.2, 0.25) is 0 Å². The van der Waals surface area contributed by atoms with Crippen molar-refractivity contribution in [3.05, 3.63) is 52.5 Å². The summed E-state index contributed by atoms with van der Waals surface area (Å²) >= 11 is 0. The van der Waals surface area contributed by atoms with Crippen molar-refractivity contribution in [2.75, 3.05) is 0 Å². The van der Waals surface area contributed by atoms with Crippen LogP contribution in [0.1, 0.15) is 43.5 Å². The number of nitrogens with zero attached hydrogens (tertiary/aromatic N) is 2. The number of benzene rings is 1. The predicted octanol–water partition coefficient (Wildman–Crippen LogP) is 3.11. The third-order valence-electron chi connectivity index (χ3n) is 3.77. The van der Waals surface area contributed by atoms with Gasteiger partial charge in [0.25, 0.3) is 0 Å².